The van der Waals surface area contributed by atoms with Crippen LogP contribution in [0.3, 0.4) is 0 Å². The van der Waals surface area contributed by atoms with Gasteiger partial charge in [-0.05, 0) is 34.1 Å². The second kappa shape index (κ2) is 10.6. The first-order valence-corrected chi connectivity index (χ1v) is 12.3. The van der Waals surface area contributed by atoms with E-state index in [9.17, 15) is 9.59 Å². The number of primary amides is 1. The summed E-state index contributed by atoms with van der Waals surface area (Å²) in [6, 6.07) is 14.4. The molecule has 0 unspecified atom stereocenters. The van der Waals surface area contributed by atoms with E-state index in [1.807, 2.05) is 18.2 Å². The van der Waals surface area contributed by atoms with Gasteiger partial charge in [0, 0.05) is 24.1 Å². The van der Waals surface area contributed by atoms with Gasteiger partial charge in [0.1, 0.15) is 12.4 Å². The van der Waals surface area contributed by atoms with E-state index < -0.39 is 5.91 Å². The summed E-state index contributed by atoms with van der Waals surface area (Å²) < 4.78 is 8.18. The minimum absolute atomic E-state index is 0.177. The second-order valence-electron chi connectivity index (χ2n) is 11.1. The minimum Gasteiger partial charge on any atom is -0.488 e. The number of benzene rings is 2. The number of ether oxygens (including phenoxy) is 1. The van der Waals surface area contributed by atoms with E-state index in [0.717, 1.165) is 28.0 Å². The molecule has 1 heterocycles. The number of aromatic nitrogens is 2. The number of anilines is 1. The summed E-state index contributed by atoms with van der Waals surface area (Å²) >= 11 is 0. The van der Waals surface area contributed by atoms with E-state index in [1.165, 1.54) is 0 Å². The van der Waals surface area contributed by atoms with Crippen molar-refractivity contribution >= 4 is 17.6 Å². The van der Waals surface area contributed by atoms with Gasteiger partial charge in [-0.25, -0.2) is 4.98 Å². The number of nitrogens with two attached hydrogens (primary N) is 1. The molecule has 2 amide bonds. The van der Waals surface area contributed by atoms with Crippen molar-refractivity contribution in [3.63, 3.8) is 0 Å². The summed E-state index contributed by atoms with van der Waals surface area (Å²) in [6.45, 7) is 15.6. The minimum atomic E-state index is -0.645. The molecule has 7 nitrogen and oxygen atoms in total. The number of nitrogens with one attached hydrogen (secondary N) is 1. The van der Waals surface area contributed by atoms with E-state index in [1.54, 1.807) is 17.8 Å². The lowest BCUT2D eigenvalue weighted by Crippen LogP contribution is -2.22. The fraction of sp³-hybridized carbons (Fsp3) is 0.414. The SMILES string of the molecule is CCC(=O)Nc1ncn(Cc2cc(C(C)(C)C)c(OCc3ccccc3)c(C(C)(C)C)c2)c1C(N)=O. The molecule has 1 aromatic heterocycles. The molecule has 0 bridgehead atoms. The van der Waals surface area contributed by atoms with Gasteiger partial charge in [-0.1, -0.05) is 78.8 Å². The lowest BCUT2D eigenvalue weighted by Gasteiger charge is -2.31. The number of nitrogens with zero attached hydrogens (tertiary/aromatic N) is 2. The molecule has 0 aliphatic carbocycles. The molecule has 3 aromatic rings. The molecule has 0 saturated carbocycles. The molecule has 0 atom stereocenters. The maximum Gasteiger partial charge on any atom is 0.269 e. The third-order valence-corrected chi connectivity index (χ3v) is 5.99. The van der Waals surface area contributed by atoms with Crippen LogP contribution in [0.5, 0.6) is 5.75 Å². The topological polar surface area (TPSA) is 99.2 Å². The van der Waals surface area contributed by atoms with E-state index in [4.69, 9.17) is 10.5 Å². The highest BCUT2D eigenvalue weighted by molar-refractivity contribution is 6.00. The Morgan fingerprint density at radius 3 is 2.06 bits per heavy atom. The van der Waals surface area contributed by atoms with Crippen molar-refractivity contribution in [3.8, 4) is 5.75 Å². The fourth-order valence-corrected chi connectivity index (χ4v) is 4.05. The largest absolute Gasteiger partial charge is 0.488 e. The standard InChI is InChI=1S/C29H38N4O3/c1-8-23(34)32-27-24(26(30)35)33(18-31-27)16-20-14-21(28(2,3)4)25(22(15-20)29(5,6)7)36-17-19-12-10-9-11-13-19/h9-15,18H,8,16-17H2,1-7H3,(H2,30,35)(H,32,34). The summed E-state index contributed by atoms with van der Waals surface area (Å²) in [5.41, 5.74) is 9.74. The molecule has 192 valence electrons. The second-order valence-corrected chi connectivity index (χ2v) is 11.1. The third-order valence-electron chi connectivity index (χ3n) is 5.99. The van der Waals surface area contributed by atoms with Gasteiger partial charge in [-0.2, -0.15) is 0 Å². The van der Waals surface area contributed by atoms with Crippen LogP contribution in [-0.4, -0.2) is 21.4 Å². The Hall–Kier alpha value is -3.61. The summed E-state index contributed by atoms with van der Waals surface area (Å²) in [6.07, 6.45) is 1.82. The first-order chi connectivity index (χ1) is 16.8. The fourth-order valence-electron chi connectivity index (χ4n) is 4.05. The average molecular weight is 491 g/mol. The van der Waals surface area contributed by atoms with Gasteiger partial charge < -0.3 is 20.4 Å². The van der Waals surface area contributed by atoms with Crippen molar-refractivity contribution < 1.29 is 14.3 Å². The smallest absolute Gasteiger partial charge is 0.269 e. The maximum absolute atomic E-state index is 12.3. The van der Waals surface area contributed by atoms with Crippen LogP contribution in [0, 0.1) is 0 Å². The van der Waals surface area contributed by atoms with Crippen LogP contribution in [0.4, 0.5) is 5.82 Å². The molecule has 36 heavy (non-hydrogen) atoms. The molecule has 0 aliphatic heterocycles. The highest BCUT2D eigenvalue weighted by Gasteiger charge is 2.28. The summed E-state index contributed by atoms with van der Waals surface area (Å²) in [4.78, 5) is 28.4. The summed E-state index contributed by atoms with van der Waals surface area (Å²) in [5, 5.41) is 2.67. The third kappa shape index (κ3) is 6.33. The monoisotopic (exact) mass is 490 g/mol. The van der Waals surface area contributed by atoms with Crippen LogP contribution in [0.15, 0.2) is 48.8 Å². The highest BCUT2D eigenvalue weighted by atomic mass is 16.5. The van der Waals surface area contributed by atoms with Crippen molar-refractivity contribution in [2.45, 2.75) is 78.9 Å². The van der Waals surface area contributed by atoms with Crippen molar-refractivity contribution in [2.75, 3.05) is 5.32 Å². The van der Waals surface area contributed by atoms with Crippen LogP contribution in [0.25, 0.3) is 0 Å². The molecular weight excluding hydrogens is 452 g/mol. The highest BCUT2D eigenvalue weighted by Crippen LogP contribution is 2.41. The quantitative estimate of drug-likeness (QED) is 0.432. The lowest BCUT2D eigenvalue weighted by atomic mass is 9.78. The zero-order valence-electron chi connectivity index (χ0n) is 22.4. The molecule has 2 aromatic carbocycles. The number of carbonyl (C=O) groups excluding carboxylic acids is 2. The van der Waals surface area contributed by atoms with Crippen molar-refractivity contribution in [1.29, 1.82) is 0 Å². The van der Waals surface area contributed by atoms with E-state index in [0.29, 0.717) is 13.2 Å². The maximum atomic E-state index is 12.3. The predicted molar refractivity (Wildman–Crippen MR) is 143 cm³/mol. The number of imidazole rings is 1. The Morgan fingerprint density at radius 2 is 1.56 bits per heavy atom. The predicted octanol–water partition coefficient (Wildman–Crippen LogP) is 5.55. The van der Waals surface area contributed by atoms with Gasteiger partial charge in [0.2, 0.25) is 5.91 Å². The number of hydrogen-bond donors (Lipinski definition) is 2. The molecule has 0 saturated heterocycles. The van der Waals surface area contributed by atoms with Crippen LogP contribution in [-0.2, 0) is 28.8 Å². The number of carbonyl (C=O) groups is 2. The number of hydrogen-bond acceptors (Lipinski definition) is 4. The van der Waals surface area contributed by atoms with Gasteiger partial charge in [-0.3, -0.25) is 9.59 Å². The first-order valence-electron chi connectivity index (χ1n) is 12.3. The Bertz CT molecular complexity index is 1200. The molecule has 0 radical (unpaired) electrons. The van der Waals surface area contributed by atoms with Crippen LogP contribution >= 0.6 is 0 Å². The van der Waals surface area contributed by atoms with Gasteiger partial charge in [0.15, 0.2) is 11.5 Å². The lowest BCUT2D eigenvalue weighted by molar-refractivity contribution is -0.115. The molecule has 3 N–H and O–H groups in total. The van der Waals surface area contributed by atoms with Crippen LogP contribution in [0.1, 0.15) is 87.6 Å². The first kappa shape index (κ1) is 27.0. The van der Waals surface area contributed by atoms with Crippen molar-refractivity contribution in [2.24, 2.45) is 5.73 Å². The van der Waals surface area contributed by atoms with Gasteiger partial charge in [0.05, 0.1) is 6.33 Å². The van der Waals surface area contributed by atoms with Crippen LogP contribution < -0.4 is 15.8 Å². The molecular formula is C29H38N4O3. The number of rotatable bonds is 8. The zero-order valence-corrected chi connectivity index (χ0v) is 22.4. The summed E-state index contributed by atoms with van der Waals surface area (Å²) in [5.74, 6) is 0.199. The Balaban J connectivity index is 2.08. The molecule has 7 heteroatoms. The molecule has 0 fully saturated rings. The van der Waals surface area contributed by atoms with E-state index in [-0.39, 0.29) is 34.7 Å². The molecule has 3 rings (SSSR count). The zero-order chi connectivity index (χ0) is 26.7. The van der Waals surface area contributed by atoms with Gasteiger partial charge in [0.25, 0.3) is 5.91 Å². The van der Waals surface area contributed by atoms with Crippen molar-refractivity contribution in [3.05, 3.63) is 76.7 Å². The Kier molecular flexibility index (Phi) is 7.92. The van der Waals surface area contributed by atoms with E-state index >= 15 is 0 Å². The van der Waals surface area contributed by atoms with Crippen LogP contribution in [0.2, 0.25) is 0 Å². The van der Waals surface area contributed by atoms with Gasteiger partial charge >= 0.3 is 0 Å². The Labute approximate surface area is 214 Å². The summed E-state index contributed by atoms with van der Waals surface area (Å²) in [7, 11) is 0. The van der Waals surface area contributed by atoms with E-state index in [2.05, 4.69) is 76.1 Å². The normalized spacial score (nSPS) is 11.9. The van der Waals surface area contributed by atoms with Gasteiger partial charge in [-0.15, -0.1) is 0 Å². The molecule has 0 aliphatic rings. The average Bonchev–Trinajstić information content (AvgIpc) is 3.19. The molecule has 0 spiro atoms. The number of amides is 2. The van der Waals surface area contributed by atoms with Crippen molar-refractivity contribution in [1.82, 2.24) is 9.55 Å². The Morgan fingerprint density at radius 1 is 0.972 bits per heavy atom.